The Balaban J connectivity index is 1.88. The van der Waals surface area contributed by atoms with Gasteiger partial charge in [-0.1, -0.05) is 24.3 Å². The molecular weight excluding hydrogens is 358 g/mol. The number of amidine groups is 1. The number of rotatable bonds is 6. The first-order valence-corrected chi connectivity index (χ1v) is 9.08. The Hall–Kier alpha value is -3.61. The quantitative estimate of drug-likeness (QED) is 0.480. The Kier molecular flexibility index (Phi) is 4.57. The van der Waals surface area contributed by atoms with Crippen LogP contribution in [0.15, 0.2) is 53.5 Å². The van der Waals surface area contributed by atoms with Gasteiger partial charge in [0.15, 0.2) is 5.75 Å². The molecule has 0 bridgehead atoms. The largest absolute Gasteiger partial charge is 0.490 e. The van der Waals surface area contributed by atoms with E-state index in [9.17, 15) is 10.1 Å². The molecular formula is C21H19N3O4. The summed E-state index contributed by atoms with van der Waals surface area (Å²) in [6.07, 6.45) is 0. The SMILES string of the molecule is CCOc1cc(C2=Nc3cccc4cccc(c34)N2)cc([N+](=O)[O-])c1OCC. The van der Waals surface area contributed by atoms with Crippen molar-refractivity contribution in [2.24, 2.45) is 4.99 Å². The van der Waals surface area contributed by atoms with Crippen LogP contribution in [0, 0.1) is 10.1 Å². The molecule has 0 amide bonds. The molecule has 0 unspecified atom stereocenters. The second-order valence-electron chi connectivity index (χ2n) is 6.21. The van der Waals surface area contributed by atoms with Gasteiger partial charge in [-0.2, -0.15) is 0 Å². The number of benzene rings is 3. The van der Waals surface area contributed by atoms with Crippen LogP contribution >= 0.6 is 0 Å². The highest BCUT2D eigenvalue weighted by Crippen LogP contribution is 2.41. The molecule has 1 heterocycles. The van der Waals surface area contributed by atoms with E-state index >= 15 is 0 Å². The van der Waals surface area contributed by atoms with Crippen LogP contribution in [0.2, 0.25) is 0 Å². The monoisotopic (exact) mass is 377 g/mol. The fourth-order valence-electron chi connectivity index (χ4n) is 3.34. The summed E-state index contributed by atoms with van der Waals surface area (Å²) in [6.45, 7) is 4.26. The number of nitrogens with one attached hydrogen (secondary N) is 1. The molecule has 0 radical (unpaired) electrons. The number of anilines is 1. The molecule has 3 aromatic rings. The summed E-state index contributed by atoms with van der Waals surface area (Å²) in [5.41, 5.74) is 2.14. The number of nitrogens with zero attached hydrogens (tertiary/aromatic N) is 2. The lowest BCUT2D eigenvalue weighted by Crippen LogP contribution is -2.17. The predicted molar refractivity (Wildman–Crippen MR) is 109 cm³/mol. The maximum absolute atomic E-state index is 11.6. The molecule has 0 aromatic heterocycles. The standard InChI is InChI=1S/C21H19N3O4/c1-3-27-18-12-14(11-17(24(25)26)20(18)28-4-2)21-22-15-9-5-7-13-8-6-10-16(23-21)19(13)15/h5-12H,3-4H2,1-2H3,(H,22,23). The van der Waals surface area contributed by atoms with E-state index in [2.05, 4.69) is 5.32 Å². The predicted octanol–water partition coefficient (Wildman–Crippen LogP) is 5.05. The van der Waals surface area contributed by atoms with Crippen LogP contribution in [0.3, 0.4) is 0 Å². The van der Waals surface area contributed by atoms with Crippen LogP contribution in [-0.4, -0.2) is 24.0 Å². The molecule has 0 saturated heterocycles. The summed E-state index contributed by atoms with van der Waals surface area (Å²) in [5.74, 6) is 0.991. The summed E-state index contributed by atoms with van der Waals surface area (Å²) in [6, 6.07) is 15.0. The number of ether oxygens (including phenoxy) is 2. The smallest absolute Gasteiger partial charge is 0.315 e. The molecule has 7 heteroatoms. The number of nitro groups is 1. The van der Waals surface area contributed by atoms with E-state index in [0.29, 0.717) is 30.4 Å². The lowest BCUT2D eigenvalue weighted by molar-refractivity contribution is -0.386. The molecule has 3 aromatic carbocycles. The minimum atomic E-state index is -0.463. The van der Waals surface area contributed by atoms with Crippen LogP contribution in [-0.2, 0) is 0 Å². The second-order valence-corrected chi connectivity index (χ2v) is 6.21. The van der Waals surface area contributed by atoms with Gasteiger partial charge in [0.05, 0.1) is 23.8 Å². The van der Waals surface area contributed by atoms with E-state index in [-0.39, 0.29) is 11.4 Å². The summed E-state index contributed by atoms with van der Waals surface area (Å²) in [4.78, 5) is 15.9. The molecule has 0 fully saturated rings. The third-order valence-corrected chi connectivity index (χ3v) is 4.46. The van der Waals surface area contributed by atoms with Gasteiger partial charge in [0, 0.05) is 22.7 Å². The van der Waals surface area contributed by atoms with E-state index in [1.165, 1.54) is 6.07 Å². The van der Waals surface area contributed by atoms with Crippen LogP contribution in [0.4, 0.5) is 17.1 Å². The van der Waals surface area contributed by atoms with E-state index in [1.54, 1.807) is 13.0 Å². The minimum Gasteiger partial charge on any atom is -0.490 e. The molecule has 1 N–H and O–H groups in total. The van der Waals surface area contributed by atoms with Crippen molar-refractivity contribution in [3.8, 4) is 11.5 Å². The average molecular weight is 377 g/mol. The Bertz CT molecular complexity index is 1100. The molecule has 0 spiro atoms. The fourth-order valence-corrected chi connectivity index (χ4v) is 3.34. The Morgan fingerprint density at radius 3 is 2.54 bits per heavy atom. The summed E-state index contributed by atoms with van der Waals surface area (Å²) in [5, 5.41) is 17.1. The lowest BCUT2D eigenvalue weighted by Gasteiger charge is -2.20. The molecule has 28 heavy (non-hydrogen) atoms. The van der Waals surface area contributed by atoms with Gasteiger partial charge in [-0.25, -0.2) is 4.99 Å². The third-order valence-electron chi connectivity index (χ3n) is 4.46. The van der Waals surface area contributed by atoms with E-state index < -0.39 is 4.92 Å². The van der Waals surface area contributed by atoms with Crippen molar-refractivity contribution in [1.29, 1.82) is 0 Å². The second kappa shape index (κ2) is 7.19. The molecule has 7 nitrogen and oxygen atoms in total. The van der Waals surface area contributed by atoms with Gasteiger partial charge in [-0.15, -0.1) is 0 Å². The maximum atomic E-state index is 11.6. The molecule has 142 valence electrons. The highest BCUT2D eigenvalue weighted by Gasteiger charge is 2.25. The highest BCUT2D eigenvalue weighted by molar-refractivity contribution is 6.19. The van der Waals surface area contributed by atoms with Gasteiger partial charge in [-0.05, 0) is 37.4 Å². The molecule has 1 aliphatic heterocycles. The van der Waals surface area contributed by atoms with Crippen molar-refractivity contribution in [3.63, 3.8) is 0 Å². The van der Waals surface area contributed by atoms with Crippen molar-refractivity contribution >= 4 is 33.7 Å². The Labute approximate surface area is 161 Å². The molecule has 0 aliphatic carbocycles. The van der Waals surface area contributed by atoms with Crippen LogP contribution in [0.1, 0.15) is 19.4 Å². The number of hydrogen-bond acceptors (Lipinski definition) is 6. The summed E-state index contributed by atoms with van der Waals surface area (Å²) in [7, 11) is 0. The minimum absolute atomic E-state index is 0.136. The lowest BCUT2D eigenvalue weighted by atomic mass is 10.0. The number of hydrogen-bond donors (Lipinski definition) is 1. The third kappa shape index (κ3) is 3.00. The Morgan fingerprint density at radius 1 is 1.07 bits per heavy atom. The van der Waals surface area contributed by atoms with Crippen molar-refractivity contribution in [1.82, 2.24) is 0 Å². The van der Waals surface area contributed by atoms with Gasteiger partial charge in [-0.3, -0.25) is 10.1 Å². The first-order chi connectivity index (χ1) is 13.6. The molecule has 0 saturated carbocycles. The van der Waals surface area contributed by atoms with Crippen molar-refractivity contribution in [2.45, 2.75) is 13.8 Å². The fraction of sp³-hybridized carbons (Fsp3) is 0.190. The van der Waals surface area contributed by atoms with Gasteiger partial charge in [0.1, 0.15) is 5.84 Å². The molecule has 4 rings (SSSR count). The highest BCUT2D eigenvalue weighted by atomic mass is 16.6. The van der Waals surface area contributed by atoms with Gasteiger partial charge < -0.3 is 14.8 Å². The zero-order chi connectivity index (χ0) is 19.7. The van der Waals surface area contributed by atoms with Crippen molar-refractivity contribution < 1.29 is 14.4 Å². The maximum Gasteiger partial charge on any atom is 0.315 e. The van der Waals surface area contributed by atoms with Crippen LogP contribution < -0.4 is 14.8 Å². The first kappa shape index (κ1) is 17.8. The van der Waals surface area contributed by atoms with E-state index in [1.807, 2.05) is 43.3 Å². The van der Waals surface area contributed by atoms with Crippen molar-refractivity contribution in [2.75, 3.05) is 18.5 Å². The first-order valence-electron chi connectivity index (χ1n) is 9.08. The Morgan fingerprint density at radius 2 is 1.82 bits per heavy atom. The molecule has 0 atom stereocenters. The normalized spacial score (nSPS) is 12.3. The van der Waals surface area contributed by atoms with E-state index in [0.717, 1.165) is 22.1 Å². The van der Waals surface area contributed by atoms with Gasteiger partial charge >= 0.3 is 5.69 Å². The zero-order valence-corrected chi connectivity index (χ0v) is 15.6. The van der Waals surface area contributed by atoms with Gasteiger partial charge in [0.25, 0.3) is 0 Å². The molecule has 1 aliphatic rings. The average Bonchev–Trinajstić information content (AvgIpc) is 2.69. The van der Waals surface area contributed by atoms with Gasteiger partial charge in [0.2, 0.25) is 5.75 Å². The zero-order valence-electron chi connectivity index (χ0n) is 15.6. The van der Waals surface area contributed by atoms with Crippen molar-refractivity contribution in [3.05, 3.63) is 64.2 Å². The summed E-state index contributed by atoms with van der Waals surface area (Å²) >= 11 is 0. The summed E-state index contributed by atoms with van der Waals surface area (Å²) < 4.78 is 11.1. The van der Waals surface area contributed by atoms with E-state index in [4.69, 9.17) is 14.5 Å². The number of aliphatic imine (C=N–C) groups is 1. The van der Waals surface area contributed by atoms with Crippen LogP contribution in [0.5, 0.6) is 11.5 Å². The number of nitro benzene ring substituents is 1. The van der Waals surface area contributed by atoms with Crippen LogP contribution in [0.25, 0.3) is 10.8 Å². The topological polar surface area (TPSA) is 86.0 Å².